The van der Waals surface area contributed by atoms with Crippen LogP contribution in [0.15, 0.2) is 24.3 Å². The summed E-state index contributed by atoms with van der Waals surface area (Å²) in [5.41, 5.74) is 1.33. The Morgan fingerprint density at radius 3 is 2.17 bits per heavy atom. The fraction of sp³-hybridized carbons (Fsp3) is 0.571. The van der Waals surface area contributed by atoms with Crippen molar-refractivity contribution >= 4 is 7.60 Å². The van der Waals surface area contributed by atoms with E-state index in [1.807, 2.05) is 24.3 Å². The smallest absolute Gasteiger partial charge is 0.324 e. The molecule has 0 aromatic heterocycles. The van der Waals surface area contributed by atoms with Crippen molar-refractivity contribution in [2.24, 2.45) is 0 Å². The van der Waals surface area contributed by atoms with E-state index in [0.717, 1.165) is 5.56 Å². The minimum absolute atomic E-state index is 0.637. The SMILES string of the molecule is CC(c1ccc(C2CCCCC2)cc1)P(=O)(O)O. The van der Waals surface area contributed by atoms with E-state index in [1.165, 1.54) is 37.7 Å². The lowest BCUT2D eigenvalue weighted by Crippen LogP contribution is -2.04. The van der Waals surface area contributed by atoms with Crippen molar-refractivity contribution in [3.05, 3.63) is 35.4 Å². The van der Waals surface area contributed by atoms with Gasteiger partial charge < -0.3 is 9.79 Å². The second-order valence-electron chi connectivity index (χ2n) is 5.27. The van der Waals surface area contributed by atoms with Crippen molar-refractivity contribution in [3.63, 3.8) is 0 Å². The highest BCUT2D eigenvalue weighted by Gasteiger charge is 2.25. The third-order valence-electron chi connectivity index (χ3n) is 4.00. The second kappa shape index (κ2) is 5.56. The van der Waals surface area contributed by atoms with E-state index in [1.54, 1.807) is 6.92 Å². The van der Waals surface area contributed by atoms with E-state index in [9.17, 15) is 4.57 Å². The van der Waals surface area contributed by atoms with E-state index in [4.69, 9.17) is 9.79 Å². The minimum atomic E-state index is -4.03. The van der Waals surface area contributed by atoms with Crippen molar-refractivity contribution in [3.8, 4) is 0 Å². The molecule has 0 aliphatic heterocycles. The van der Waals surface area contributed by atoms with Crippen LogP contribution in [0.25, 0.3) is 0 Å². The normalized spacial score (nSPS) is 19.7. The van der Waals surface area contributed by atoms with E-state index in [-0.39, 0.29) is 0 Å². The maximum absolute atomic E-state index is 11.2. The van der Waals surface area contributed by atoms with Gasteiger partial charge in [0, 0.05) is 0 Å². The van der Waals surface area contributed by atoms with Gasteiger partial charge in [-0.25, -0.2) is 0 Å². The molecular formula is C14H21O3P. The van der Waals surface area contributed by atoms with Gasteiger partial charge in [0.2, 0.25) is 0 Å². The molecule has 1 fully saturated rings. The summed E-state index contributed by atoms with van der Waals surface area (Å²) >= 11 is 0. The quantitative estimate of drug-likeness (QED) is 0.815. The Bertz CT molecular complexity index is 429. The Hall–Kier alpha value is -0.630. The molecule has 0 bridgehead atoms. The average Bonchev–Trinajstić information content (AvgIpc) is 2.38. The first kappa shape index (κ1) is 13.8. The fourth-order valence-corrected chi connectivity index (χ4v) is 3.24. The summed E-state index contributed by atoms with van der Waals surface area (Å²) in [5, 5.41) is 0. The van der Waals surface area contributed by atoms with Crippen LogP contribution < -0.4 is 0 Å². The van der Waals surface area contributed by atoms with E-state index in [0.29, 0.717) is 5.92 Å². The zero-order chi connectivity index (χ0) is 13.2. The molecule has 0 spiro atoms. The number of hydrogen-bond donors (Lipinski definition) is 2. The first-order valence-electron chi connectivity index (χ1n) is 6.63. The van der Waals surface area contributed by atoms with Crippen molar-refractivity contribution in [2.45, 2.75) is 50.6 Å². The fourth-order valence-electron chi connectivity index (χ4n) is 2.68. The Morgan fingerprint density at radius 1 is 1.11 bits per heavy atom. The molecule has 0 radical (unpaired) electrons. The summed E-state index contributed by atoms with van der Waals surface area (Å²) in [5.74, 6) is 0.637. The summed E-state index contributed by atoms with van der Waals surface area (Å²) in [6.07, 6.45) is 6.42. The molecule has 1 aliphatic carbocycles. The zero-order valence-electron chi connectivity index (χ0n) is 10.7. The van der Waals surface area contributed by atoms with Crippen molar-refractivity contribution in [1.29, 1.82) is 0 Å². The number of rotatable bonds is 3. The molecule has 1 aliphatic rings. The molecule has 2 N–H and O–H groups in total. The van der Waals surface area contributed by atoms with Crippen LogP contribution in [-0.4, -0.2) is 9.79 Å². The van der Waals surface area contributed by atoms with Crippen LogP contribution in [0.2, 0.25) is 0 Å². The summed E-state index contributed by atoms with van der Waals surface area (Å²) in [7, 11) is -4.03. The molecule has 2 rings (SSSR count). The molecule has 3 nitrogen and oxygen atoms in total. The van der Waals surface area contributed by atoms with E-state index < -0.39 is 13.3 Å². The first-order valence-corrected chi connectivity index (χ1v) is 8.31. The lowest BCUT2D eigenvalue weighted by Gasteiger charge is -2.22. The van der Waals surface area contributed by atoms with Gasteiger partial charge in [-0.05, 0) is 36.8 Å². The topological polar surface area (TPSA) is 57.5 Å². The maximum atomic E-state index is 11.2. The Kier molecular flexibility index (Phi) is 4.26. The number of hydrogen-bond acceptors (Lipinski definition) is 1. The van der Waals surface area contributed by atoms with Gasteiger partial charge in [0.25, 0.3) is 0 Å². The largest absolute Gasteiger partial charge is 0.332 e. The van der Waals surface area contributed by atoms with E-state index in [2.05, 4.69) is 0 Å². The highest BCUT2D eigenvalue weighted by Crippen LogP contribution is 2.51. The highest BCUT2D eigenvalue weighted by molar-refractivity contribution is 7.52. The molecule has 1 aromatic carbocycles. The summed E-state index contributed by atoms with van der Waals surface area (Å²) in [4.78, 5) is 18.3. The van der Waals surface area contributed by atoms with Crippen molar-refractivity contribution < 1.29 is 14.4 Å². The van der Waals surface area contributed by atoms with Crippen LogP contribution in [0.4, 0.5) is 0 Å². The van der Waals surface area contributed by atoms with Gasteiger partial charge in [-0.3, -0.25) is 4.57 Å². The Balaban J connectivity index is 2.12. The molecule has 18 heavy (non-hydrogen) atoms. The Morgan fingerprint density at radius 2 is 1.67 bits per heavy atom. The highest BCUT2D eigenvalue weighted by atomic mass is 31.2. The standard InChI is InChI=1S/C14H21O3P/c1-11(18(15,16)17)12-7-9-14(10-8-12)13-5-3-2-4-6-13/h7-11,13H,2-6H2,1H3,(H2,15,16,17). The van der Waals surface area contributed by atoms with Crippen molar-refractivity contribution in [2.75, 3.05) is 0 Å². The number of benzene rings is 1. The van der Waals surface area contributed by atoms with E-state index >= 15 is 0 Å². The molecule has 1 aromatic rings. The molecule has 0 heterocycles. The van der Waals surface area contributed by atoms with Gasteiger partial charge in [0.1, 0.15) is 0 Å². The Labute approximate surface area is 108 Å². The third-order valence-corrected chi connectivity index (χ3v) is 5.31. The monoisotopic (exact) mass is 268 g/mol. The minimum Gasteiger partial charge on any atom is -0.324 e. The van der Waals surface area contributed by atoms with Crippen LogP contribution in [0.5, 0.6) is 0 Å². The lowest BCUT2D eigenvalue weighted by molar-refractivity contribution is 0.361. The predicted octanol–water partition coefficient (Wildman–Crippen LogP) is 3.97. The maximum Gasteiger partial charge on any atom is 0.332 e. The molecule has 100 valence electrons. The third kappa shape index (κ3) is 3.23. The summed E-state index contributed by atoms with van der Waals surface area (Å²) < 4.78 is 11.2. The van der Waals surface area contributed by atoms with Crippen LogP contribution >= 0.6 is 7.60 Å². The molecule has 1 atom stereocenters. The predicted molar refractivity (Wildman–Crippen MR) is 72.7 cm³/mol. The molecule has 4 heteroatoms. The van der Waals surface area contributed by atoms with Gasteiger partial charge in [0.05, 0.1) is 5.66 Å². The summed E-state index contributed by atoms with van der Waals surface area (Å²) in [6.45, 7) is 1.58. The first-order chi connectivity index (χ1) is 8.48. The van der Waals surface area contributed by atoms with Crippen LogP contribution in [-0.2, 0) is 4.57 Å². The van der Waals surface area contributed by atoms with Gasteiger partial charge in [-0.2, -0.15) is 0 Å². The summed E-state index contributed by atoms with van der Waals surface area (Å²) in [6, 6.07) is 7.82. The lowest BCUT2D eigenvalue weighted by atomic mass is 9.84. The van der Waals surface area contributed by atoms with Gasteiger partial charge in [-0.15, -0.1) is 0 Å². The van der Waals surface area contributed by atoms with Gasteiger partial charge in [0.15, 0.2) is 0 Å². The molecule has 0 saturated heterocycles. The molecule has 1 unspecified atom stereocenters. The molecule has 0 amide bonds. The van der Waals surface area contributed by atoms with Crippen LogP contribution in [0.1, 0.15) is 61.7 Å². The molecule has 1 saturated carbocycles. The van der Waals surface area contributed by atoms with Gasteiger partial charge in [-0.1, -0.05) is 43.5 Å². The van der Waals surface area contributed by atoms with Crippen LogP contribution in [0, 0.1) is 0 Å². The average molecular weight is 268 g/mol. The van der Waals surface area contributed by atoms with Crippen molar-refractivity contribution in [1.82, 2.24) is 0 Å². The zero-order valence-corrected chi connectivity index (χ0v) is 11.6. The molecular weight excluding hydrogens is 247 g/mol. The van der Waals surface area contributed by atoms with Gasteiger partial charge >= 0.3 is 7.60 Å². The van der Waals surface area contributed by atoms with Crippen LogP contribution in [0.3, 0.4) is 0 Å². The second-order valence-corrected chi connectivity index (χ2v) is 7.22.